The van der Waals surface area contributed by atoms with E-state index in [1.54, 1.807) is 18.5 Å². The number of anilines is 3. The van der Waals surface area contributed by atoms with Gasteiger partial charge in [0.2, 0.25) is 0 Å². The maximum Gasteiger partial charge on any atom is 0.149 e. The summed E-state index contributed by atoms with van der Waals surface area (Å²) in [5.41, 5.74) is 12.9. The summed E-state index contributed by atoms with van der Waals surface area (Å²) in [5, 5.41) is 3.25. The number of pyridine rings is 2. The zero-order valence-electron chi connectivity index (χ0n) is 9.59. The van der Waals surface area contributed by atoms with Crippen molar-refractivity contribution in [3.8, 4) is 0 Å². The van der Waals surface area contributed by atoms with Gasteiger partial charge >= 0.3 is 0 Å². The predicted octanol–water partition coefficient (Wildman–Crippen LogP) is 1.81. The van der Waals surface area contributed by atoms with Crippen molar-refractivity contribution in [3.05, 3.63) is 42.2 Å². The SMILES string of the molecule is CC(Nc1ccc(N)c(N)n1)c1ccncc1. The molecule has 2 aromatic heterocycles. The van der Waals surface area contributed by atoms with Crippen LogP contribution in [0.3, 0.4) is 0 Å². The van der Waals surface area contributed by atoms with Crippen molar-refractivity contribution in [2.75, 3.05) is 16.8 Å². The van der Waals surface area contributed by atoms with Gasteiger partial charge in [0.25, 0.3) is 0 Å². The van der Waals surface area contributed by atoms with Crippen LogP contribution in [0.4, 0.5) is 17.3 Å². The summed E-state index contributed by atoms with van der Waals surface area (Å²) < 4.78 is 0. The van der Waals surface area contributed by atoms with E-state index in [0.29, 0.717) is 17.3 Å². The molecule has 2 aromatic rings. The van der Waals surface area contributed by atoms with Gasteiger partial charge in [-0.25, -0.2) is 4.98 Å². The molecule has 5 N–H and O–H groups in total. The van der Waals surface area contributed by atoms with Crippen molar-refractivity contribution in [3.63, 3.8) is 0 Å². The molecule has 0 bridgehead atoms. The maximum atomic E-state index is 5.65. The van der Waals surface area contributed by atoms with Gasteiger partial charge in [-0.1, -0.05) is 0 Å². The first-order chi connectivity index (χ1) is 8.16. The van der Waals surface area contributed by atoms with Crippen molar-refractivity contribution in [1.82, 2.24) is 9.97 Å². The molecular formula is C12H15N5. The van der Waals surface area contributed by atoms with Crippen LogP contribution in [0, 0.1) is 0 Å². The zero-order chi connectivity index (χ0) is 12.3. The summed E-state index contributed by atoms with van der Waals surface area (Å²) in [4.78, 5) is 8.14. The highest BCUT2D eigenvalue weighted by Crippen LogP contribution is 2.20. The van der Waals surface area contributed by atoms with E-state index in [2.05, 4.69) is 15.3 Å². The highest BCUT2D eigenvalue weighted by Gasteiger charge is 2.06. The molecule has 2 heterocycles. The Morgan fingerprint density at radius 3 is 2.47 bits per heavy atom. The van der Waals surface area contributed by atoms with Gasteiger partial charge in [0.15, 0.2) is 0 Å². The number of nitrogens with two attached hydrogens (primary N) is 2. The first-order valence-electron chi connectivity index (χ1n) is 5.35. The summed E-state index contributed by atoms with van der Waals surface area (Å²) in [6.45, 7) is 2.05. The van der Waals surface area contributed by atoms with Gasteiger partial charge in [-0.15, -0.1) is 0 Å². The maximum absolute atomic E-state index is 5.65. The van der Waals surface area contributed by atoms with Crippen molar-refractivity contribution in [2.45, 2.75) is 13.0 Å². The molecule has 0 aliphatic carbocycles. The van der Waals surface area contributed by atoms with E-state index >= 15 is 0 Å². The van der Waals surface area contributed by atoms with Crippen LogP contribution in [0.5, 0.6) is 0 Å². The topological polar surface area (TPSA) is 89.8 Å². The highest BCUT2D eigenvalue weighted by atomic mass is 15.0. The average molecular weight is 229 g/mol. The normalized spacial score (nSPS) is 12.1. The fourth-order valence-electron chi connectivity index (χ4n) is 1.52. The monoisotopic (exact) mass is 229 g/mol. The first kappa shape index (κ1) is 11.2. The number of aromatic nitrogens is 2. The average Bonchev–Trinajstić information content (AvgIpc) is 2.35. The van der Waals surface area contributed by atoms with Gasteiger partial charge in [-0.05, 0) is 36.8 Å². The minimum absolute atomic E-state index is 0.133. The Balaban J connectivity index is 2.13. The third-order valence-corrected chi connectivity index (χ3v) is 2.53. The lowest BCUT2D eigenvalue weighted by atomic mass is 10.1. The van der Waals surface area contributed by atoms with Gasteiger partial charge in [-0.3, -0.25) is 4.98 Å². The number of nitrogen functional groups attached to an aromatic ring is 2. The quantitative estimate of drug-likeness (QED) is 0.746. The molecule has 0 saturated carbocycles. The molecule has 1 unspecified atom stereocenters. The Bertz CT molecular complexity index is 498. The van der Waals surface area contributed by atoms with Crippen molar-refractivity contribution in [2.24, 2.45) is 0 Å². The van der Waals surface area contributed by atoms with Crippen LogP contribution in [0.25, 0.3) is 0 Å². The second-order valence-corrected chi connectivity index (χ2v) is 3.82. The second kappa shape index (κ2) is 4.69. The number of hydrogen-bond donors (Lipinski definition) is 3. The van der Waals surface area contributed by atoms with Crippen LogP contribution in [-0.4, -0.2) is 9.97 Å². The number of rotatable bonds is 3. The minimum atomic E-state index is 0.133. The van der Waals surface area contributed by atoms with Crippen LogP contribution in [0.15, 0.2) is 36.7 Å². The molecule has 17 heavy (non-hydrogen) atoms. The van der Waals surface area contributed by atoms with Crippen LogP contribution in [0.1, 0.15) is 18.5 Å². The molecular weight excluding hydrogens is 214 g/mol. The molecule has 1 atom stereocenters. The summed E-state index contributed by atoms with van der Waals surface area (Å²) in [6.07, 6.45) is 3.52. The lowest BCUT2D eigenvalue weighted by molar-refractivity contribution is 0.872. The molecule has 0 fully saturated rings. The molecule has 0 saturated heterocycles. The zero-order valence-corrected chi connectivity index (χ0v) is 9.59. The third-order valence-electron chi connectivity index (χ3n) is 2.53. The minimum Gasteiger partial charge on any atom is -0.396 e. The van der Waals surface area contributed by atoms with Gasteiger partial charge in [0.05, 0.1) is 11.7 Å². The van der Waals surface area contributed by atoms with Crippen LogP contribution >= 0.6 is 0 Å². The Morgan fingerprint density at radius 2 is 1.82 bits per heavy atom. The molecule has 0 aliphatic rings. The van der Waals surface area contributed by atoms with Crippen LogP contribution in [0.2, 0.25) is 0 Å². The predicted molar refractivity (Wildman–Crippen MR) is 69.3 cm³/mol. The summed E-state index contributed by atoms with van der Waals surface area (Å²) in [7, 11) is 0. The molecule has 2 rings (SSSR count). The smallest absolute Gasteiger partial charge is 0.149 e. The van der Waals surface area contributed by atoms with Crippen molar-refractivity contribution >= 4 is 17.3 Å². The fraction of sp³-hybridized carbons (Fsp3) is 0.167. The Kier molecular flexibility index (Phi) is 3.09. The molecule has 0 amide bonds. The largest absolute Gasteiger partial charge is 0.396 e. The molecule has 0 aromatic carbocycles. The van der Waals surface area contributed by atoms with Gasteiger partial charge in [0.1, 0.15) is 11.6 Å². The fourth-order valence-corrected chi connectivity index (χ4v) is 1.52. The number of hydrogen-bond acceptors (Lipinski definition) is 5. The van der Waals surface area contributed by atoms with Gasteiger partial charge < -0.3 is 16.8 Å². The van der Waals surface area contributed by atoms with E-state index in [-0.39, 0.29) is 6.04 Å². The first-order valence-corrected chi connectivity index (χ1v) is 5.35. The van der Waals surface area contributed by atoms with E-state index in [1.165, 1.54) is 0 Å². The Morgan fingerprint density at radius 1 is 1.12 bits per heavy atom. The number of nitrogens with one attached hydrogen (secondary N) is 1. The van der Waals surface area contributed by atoms with Gasteiger partial charge in [0, 0.05) is 12.4 Å². The van der Waals surface area contributed by atoms with E-state index in [0.717, 1.165) is 5.56 Å². The van der Waals surface area contributed by atoms with Crippen LogP contribution in [-0.2, 0) is 0 Å². The molecule has 88 valence electrons. The summed E-state index contributed by atoms with van der Waals surface area (Å²) >= 11 is 0. The Hall–Kier alpha value is -2.30. The van der Waals surface area contributed by atoms with Crippen molar-refractivity contribution < 1.29 is 0 Å². The third kappa shape index (κ3) is 2.63. The molecule has 0 spiro atoms. The lowest BCUT2D eigenvalue weighted by Crippen LogP contribution is -2.09. The van der Waals surface area contributed by atoms with E-state index in [9.17, 15) is 0 Å². The lowest BCUT2D eigenvalue weighted by Gasteiger charge is -2.15. The van der Waals surface area contributed by atoms with E-state index in [1.807, 2.05) is 25.1 Å². The van der Waals surface area contributed by atoms with Gasteiger partial charge in [-0.2, -0.15) is 0 Å². The van der Waals surface area contributed by atoms with E-state index in [4.69, 9.17) is 11.5 Å². The summed E-state index contributed by atoms with van der Waals surface area (Å²) in [6, 6.07) is 7.60. The van der Waals surface area contributed by atoms with Crippen LogP contribution < -0.4 is 16.8 Å². The number of nitrogens with zero attached hydrogens (tertiary/aromatic N) is 2. The van der Waals surface area contributed by atoms with Crippen molar-refractivity contribution in [1.29, 1.82) is 0 Å². The highest BCUT2D eigenvalue weighted by molar-refractivity contribution is 5.61. The van der Waals surface area contributed by atoms with E-state index < -0.39 is 0 Å². The second-order valence-electron chi connectivity index (χ2n) is 3.82. The standard InChI is InChI=1S/C12H15N5/c1-8(9-4-6-15-7-5-9)16-11-3-2-10(13)12(14)17-11/h2-8H,13H2,1H3,(H3,14,16,17). The molecule has 5 nitrogen and oxygen atoms in total. The Labute approximate surface area is 99.9 Å². The molecule has 5 heteroatoms. The molecule has 0 aliphatic heterocycles. The summed E-state index contributed by atoms with van der Waals surface area (Å²) in [5.74, 6) is 1.05. The molecule has 0 radical (unpaired) electrons.